The second-order valence-corrected chi connectivity index (χ2v) is 5.32. The van der Waals surface area contributed by atoms with Crippen LogP contribution in [0.1, 0.15) is 37.4 Å². The van der Waals surface area contributed by atoms with Crippen molar-refractivity contribution in [1.82, 2.24) is 5.32 Å². The molecule has 24 heavy (non-hydrogen) atoms. The Hall–Kier alpha value is -3.20. The van der Waals surface area contributed by atoms with Crippen LogP contribution in [0.3, 0.4) is 0 Å². The van der Waals surface area contributed by atoms with Gasteiger partial charge in [-0.3, -0.25) is 9.59 Å². The first-order valence-corrected chi connectivity index (χ1v) is 7.29. The molecule has 0 aliphatic rings. The van der Waals surface area contributed by atoms with E-state index < -0.39 is 17.6 Å². The summed E-state index contributed by atoms with van der Waals surface area (Å²) in [5.41, 5.74) is 7.50. The first kappa shape index (κ1) is 17.2. The quantitative estimate of drug-likeness (QED) is 0.881. The highest BCUT2D eigenvalue weighted by Gasteiger charge is 2.14. The second kappa shape index (κ2) is 7.38. The molecule has 0 bridgehead atoms. The standard InChI is InChI=1S/C18H16FN3O2/c1-11-8-12(10-20)2-3-13(11)6-7-22-18(24)15-9-14(17(21)23)4-5-16(15)19/h2-5,8-9H,6-7H2,1H3,(H2,21,23)(H,22,24). The van der Waals surface area contributed by atoms with E-state index in [1.165, 1.54) is 6.07 Å². The van der Waals surface area contributed by atoms with Crippen LogP contribution >= 0.6 is 0 Å². The Labute approximate surface area is 138 Å². The molecule has 0 heterocycles. The van der Waals surface area contributed by atoms with E-state index in [2.05, 4.69) is 11.4 Å². The monoisotopic (exact) mass is 325 g/mol. The molecule has 0 unspecified atom stereocenters. The van der Waals surface area contributed by atoms with E-state index in [0.717, 1.165) is 23.3 Å². The highest BCUT2D eigenvalue weighted by Crippen LogP contribution is 2.12. The van der Waals surface area contributed by atoms with Crippen molar-refractivity contribution in [3.05, 3.63) is 70.0 Å². The van der Waals surface area contributed by atoms with Gasteiger partial charge in [-0.05, 0) is 54.8 Å². The Morgan fingerprint density at radius 3 is 2.62 bits per heavy atom. The third-order valence-corrected chi connectivity index (χ3v) is 3.65. The number of nitriles is 1. The van der Waals surface area contributed by atoms with Crippen molar-refractivity contribution in [2.45, 2.75) is 13.3 Å². The molecule has 2 aromatic rings. The molecular formula is C18H16FN3O2. The zero-order chi connectivity index (χ0) is 17.7. The summed E-state index contributed by atoms with van der Waals surface area (Å²) in [6.07, 6.45) is 0.542. The van der Waals surface area contributed by atoms with Gasteiger partial charge in [0.15, 0.2) is 0 Å². The maximum absolute atomic E-state index is 13.7. The van der Waals surface area contributed by atoms with Crippen molar-refractivity contribution < 1.29 is 14.0 Å². The number of amides is 2. The van der Waals surface area contributed by atoms with Crippen LogP contribution in [0.5, 0.6) is 0 Å². The molecule has 0 saturated heterocycles. The summed E-state index contributed by atoms with van der Waals surface area (Å²) in [4.78, 5) is 23.2. The van der Waals surface area contributed by atoms with Crippen molar-refractivity contribution in [2.24, 2.45) is 5.73 Å². The summed E-state index contributed by atoms with van der Waals surface area (Å²) in [5.74, 6) is -2.05. The molecule has 2 rings (SSSR count). The fourth-order valence-corrected chi connectivity index (χ4v) is 2.30. The normalized spacial score (nSPS) is 10.0. The van der Waals surface area contributed by atoms with Crippen LogP contribution in [0.25, 0.3) is 0 Å². The predicted octanol–water partition coefficient (Wildman–Crippen LogP) is 2.08. The van der Waals surface area contributed by atoms with Gasteiger partial charge in [0.05, 0.1) is 17.2 Å². The summed E-state index contributed by atoms with van der Waals surface area (Å²) in [7, 11) is 0. The SMILES string of the molecule is Cc1cc(C#N)ccc1CCNC(=O)c1cc(C(N)=O)ccc1F. The number of hydrogen-bond donors (Lipinski definition) is 2. The van der Waals surface area contributed by atoms with Crippen LogP contribution in [-0.2, 0) is 6.42 Å². The number of rotatable bonds is 5. The largest absolute Gasteiger partial charge is 0.366 e. The maximum Gasteiger partial charge on any atom is 0.254 e. The number of nitrogens with zero attached hydrogens (tertiary/aromatic N) is 1. The zero-order valence-corrected chi connectivity index (χ0v) is 13.1. The molecule has 6 heteroatoms. The Morgan fingerprint density at radius 1 is 1.25 bits per heavy atom. The highest BCUT2D eigenvalue weighted by atomic mass is 19.1. The topological polar surface area (TPSA) is 96.0 Å². The molecule has 3 N–H and O–H groups in total. The van der Waals surface area contributed by atoms with Gasteiger partial charge < -0.3 is 11.1 Å². The lowest BCUT2D eigenvalue weighted by molar-refractivity contribution is 0.0950. The number of aryl methyl sites for hydroxylation is 1. The molecular weight excluding hydrogens is 309 g/mol. The van der Waals surface area contributed by atoms with Gasteiger partial charge in [0.1, 0.15) is 5.82 Å². The van der Waals surface area contributed by atoms with Crippen molar-refractivity contribution >= 4 is 11.8 Å². The fourth-order valence-electron chi connectivity index (χ4n) is 2.30. The molecule has 0 radical (unpaired) electrons. The average molecular weight is 325 g/mol. The van der Waals surface area contributed by atoms with Crippen LogP contribution in [0.2, 0.25) is 0 Å². The molecule has 2 aromatic carbocycles. The van der Waals surface area contributed by atoms with E-state index in [1.807, 2.05) is 13.0 Å². The number of carbonyl (C=O) groups is 2. The number of halogens is 1. The van der Waals surface area contributed by atoms with Gasteiger partial charge >= 0.3 is 0 Å². The minimum atomic E-state index is -0.725. The summed E-state index contributed by atoms with van der Waals surface area (Å²) in [6.45, 7) is 2.18. The summed E-state index contributed by atoms with van der Waals surface area (Å²) >= 11 is 0. The van der Waals surface area contributed by atoms with Gasteiger partial charge in [0.2, 0.25) is 5.91 Å². The first-order valence-electron chi connectivity index (χ1n) is 7.29. The average Bonchev–Trinajstić information content (AvgIpc) is 2.56. The lowest BCUT2D eigenvalue weighted by atomic mass is 10.0. The number of primary amides is 1. The molecule has 0 saturated carbocycles. The number of nitrogens with two attached hydrogens (primary N) is 1. The van der Waals surface area contributed by atoms with E-state index in [1.54, 1.807) is 12.1 Å². The van der Waals surface area contributed by atoms with Crippen LogP contribution < -0.4 is 11.1 Å². The van der Waals surface area contributed by atoms with Crippen molar-refractivity contribution in [2.75, 3.05) is 6.54 Å². The minimum absolute atomic E-state index is 0.0736. The molecule has 2 amide bonds. The van der Waals surface area contributed by atoms with Gasteiger partial charge in [-0.15, -0.1) is 0 Å². The van der Waals surface area contributed by atoms with Gasteiger partial charge in [0, 0.05) is 12.1 Å². The zero-order valence-electron chi connectivity index (χ0n) is 13.1. The van der Waals surface area contributed by atoms with Gasteiger partial charge in [-0.1, -0.05) is 6.07 Å². The number of hydrogen-bond acceptors (Lipinski definition) is 3. The third kappa shape index (κ3) is 3.96. The number of carbonyl (C=O) groups excluding carboxylic acids is 2. The van der Waals surface area contributed by atoms with Gasteiger partial charge in [-0.25, -0.2) is 4.39 Å². The molecule has 5 nitrogen and oxygen atoms in total. The van der Waals surface area contributed by atoms with E-state index in [9.17, 15) is 14.0 Å². The van der Waals surface area contributed by atoms with Crippen molar-refractivity contribution in [1.29, 1.82) is 5.26 Å². The smallest absolute Gasteiger partial charge is 0.254 e. The van der Waals surface area contributed by atoms with E-state index in [0.29, 0.717) is 18.5 Å². The molecule has 0 atom stereocenters. The van der Waals surface area contributed by atoms with Crippen LogP contribution in [0, 0.1) is 24.1 Å². The summed E-state index contributed by atoms with van der Waals surface area (Å²) in [6, 6.07) is 10.8. The number of nitrogens with one attached hydrogen (secondary N) is 1. The minimum Gasteiger partial charge on any atom is -0.366 e. The molecule has 122 valence electrons. The fraction of sp³-hybridized carbons (Fsp3) is 0.167. The third-order valence-electron chi connectivity index (χ3n) is 3.65. The summed E-state index contributed by atoms with van der Waals surface area (Å²) in [5, 5.41) is 11.5. The van der Waals surface area contributed by atoms with E-state index >= 15 is 0 Å². The Balaban J connectivity index is 2.03. The van der Waals surface area contributed by atoms with Gasteiger partial charge in [-0.2, -0.15) is 5.26 Å². The van der Waals surface area contributed by atoms with Crippen molar-refractivity contribution in [3.8, 4) is 6.07 Å². The van der Waals surface area contributed by atoms with E-state index in [4.69, 9.17) is 11.0 Å². The lowest BCUT2D eigenvalue weighted by Crippen LogP contribution is -2.27. The van der Waals surface area contributed by atoms with Crippen LogP contribution in [-0.4, -0.2) is 18.4 Å². The molecule has 0 aliphatic carbocycles. The Morgan fingerprint density at radius 2 is 2.00 bits per heavy atom. The predicted molar refractivity (Wildman–Crippen MR) is 86.8 cm³/mol. The van der Waals surface area contributed by atoms with E-state index in [-0.39, 0.29) is 11.1 Å². The molecule has 0 fully saturated rings. The van der Waals surface area contributed by atoms with Crippen molar-refractivity contribution in [3.63, 3.8) is 0 Å². The highest BCUT2D eigenvalue weighted by molar-refractivity contribution is 5.99. The Kier molecular flexibility index (Phi) is 5.27. The Bertz CT molecular complexity index is 841. The van der Waals surface area contributed by atoms with Gasteiger partial charge in [0.25, 0.3) is 5.91 Å². The first-order chi connectivity index (χ1) is 11.4. The van der Waals surface area contributed by atoms with Crippen LogP contribution in [0.4, 0.5) is 4.39 Å². The van der Waals surface area contributed by atoms with Crippen LogP contribution in [0.15, 0.2) is 36.4 Å². The summed E-state index contributed by atoms with van der Waals surface area (Å²) < 4.78 is 13.7. The second-order valence-electron chi connectivity index (χ2n) is 5.32. The number of benzene rings is 2. The maximum atomic E-state index is 13.7. The molecule has 0 spiro atoms. The lowest BCUT2D eigenvalue weighted by Gasteiger charge is -2.09. The molecule has 0 aliphatic heterocycles. The molecule has 0 aromatic heterocycles.